The van der Waals surface area contributed by atoms with Crippen molar-refractivity contribution in [2.45, 2.75) is 32.1 Å². The third-order valence-electron chi connectivity index (χ3n) is 2.56. The van der Waals surface area contributed by atoms with Gasteiger partial charge in [-0.15, -0.1) is 0 Å². The highest BCUT2D eigenvalue weighted by atomic mass is 16.5. The van der Waals surface area contributed by atoms with Crippen LogP contribution < -0.4 is 0 Å². The third-order valence-corrected chi connectivity index (χ3v) is 2.56. The summed E-state index contributed by atoms with van der Waals surface area (Å²) in [6.45, 7) is 0. The molecule has 1 rings (SSSR count). The van der Waals surface area contributed by atoms with E-state index in [1.54, 1.807) is 6.08 Å². The molecule has 1 aliphatic carbocycles. The van der Waals surface area contributed by atoms with Gasteiger partial charge in [0.15, 0.2) is 0 Å². The number of rotatable bonds is 3. The molecule has 1 aliphatic rings. The van der Waals surface area contributed by atoms with Gasteiger partial charge in [-0.25, -0.2) is 4.79 Å². The van der Waals surface area contributed by atoms with Crippen molar-refractivity contribution >= 4 is 11.8 Å². The number of carbonyl (C=O) groups is 2. The second-order valence-corrected chi connectivity index (χ2v) is 3.57. The van der Waals surface area contributed by atoms with E-state index in [9.17, 15) is 9.59 Å². The maximum absolute atomic E-state index is 11.4. The van der Waals surface area contributed by atoms with Crippen molar-refractivity contribution in [1.29, 1.82) is 0 Å². The maximum atomic E-state index is 11.4. The summed E-state index contributed by atoms with van der Waals surface area (Å²) < 4.78 is 4.46. The fourth-order valence-electron chi connectivity index (χ4n) is 1.70. The second kappa shape index (κ2) is 5.58. The van der Waals surface area contributed by atoms with Crippen LogP contribution in [0.4, 0.5) is 0 Å². The van der Waals surface area contributed by atoms with E-state index in [0.717, 1.165) is 19.3 Å². The monoisotopic (exact) mass is 196 g/mol. The van der Waals surface area contributed by atoms with Crippen LogP contribution in [0.3, 0.4) is 0 Å². The Bertz CT molecular complexity index is 243. The van der Waals surface area contributed by atoms with Crippen LogP contribution in [0.25, 0.3) is 0 Å². The Morgan fingerprint density at radius 2 is 2.36 bits per heavy atom. The zero-order valence-electron chi connectivity index (χ0n) is 8.49. The number of methoxy groups -OCH3 is 1. The molecule has 0 aromatic rings. The molecule has 1 atom stereocenters. The molecular formula is C11H16O3. The molecule has 0 radical (unpaired) electrons. The summed E-state index contributed by atoms with van der Waals surface area (Å²) in [5.41, 5.74) is 0. The van der Waals surface area contributed by atoms with Gasteiger partial charge in [-0.05, 0) is 19.3 Å². The predicted molar refractivity (Wildman–Crippen MR) is 52.7 cm³/mol. The first kappa shape index (κ1) is 11.0. The first-order valence-electron chi connectivity index (χ1n) is 5.01. The lowest BCUT2D eigenvalue weighted by Crippen LogP contribution is -2.18. The van der Waals surface area contributed by atoms with E-state index >= 15 is 0 Å². The molecule has 1 unspecified atom stereocenters. The number of esters is 1. The Kier molecular flexibility index (Phi) is 4.36. The lowest BCUT2D eigenvalue weighted by atomic mass is 9.86. The molecule has 3 nitrogen and oxygen atoms in total. The fraction of sp³-hybridized carbons (Fsp3) is 0.636. The van der Waals surface area contributed by atoms with E-state index in [1.807, 2.05) is 0 Å². The summed E-state index contributed by atoms with van der Waals surface area (Å²) in [5.74, 6) is 0.115. The minimum atomic E-state index is -0.353. The number of hydrogen-bond donors (Lipinski definition) is 0. The Labute approximate surface area is 84.1 Å². The first-order chi connectivity index (χ1) is 6.74. The maximum Gasteiger partial charge on any atom is 0.330 e. The van der Waals surface area contributed by atoms with Gasteiger partial charge >= 0.3 is 5.97 Å². The van der Waals surface area contributed by atoms with Gasteiger partial charge in [0.2, 0.25) is 0 Å². The van der Waals surface area contributed by atoms with Crippen LogP contribution >= 0.6 is 0 Å². The number of Topliss-reactive ketones (excluding diaryl/α,β-unsaturated/α-hetero) is 1. The molecular weight excluding hydrogens is 180 g/mol. The molecule has 3 heteroatoms. The molecule has 0 spiro atoms. The highest BCUT2D eigenvalue weighted by Gasteiger charge is 2.20. The van der Waals surface area contributed by atoms with Crippen molar-refractivity contribution < 1.29 is 14.3 Å². The third kappa shape index (κ3) is 3.32. The van der Waals surface area contributed by atoms with E-state index in [1.165, 1.54) is 13.2 Å². The molecule has 1 saturated carbocycles. The summed E-state index contributed by atoms with van der Waals surface area (Å²) >= 11 is 0. The molecule has 0 aromatic heterocycles. The van der Waals surface area contributed by atoms with Gasteiger partial charge in [0.05, 0.1) is 7.11 Å². The average molecular weight is 196 g/mol. The van der Waals surface area contributed by atoms with Crippen LogP contribution in [0.5, 0.6) is 0 Å². The molecule has 1 fully saturated rings. The lowest BCUT2D eigenvalue weighted by molar-refractivity contribution is -0.135. The van der Waals surface area contributed by atoms with E-state index in [-0.39, 0.29) is 11.9 Å². The topological polar surface area (TPSA) is 43.4 Å². The van der Waals surface area contributed by atoms with Gasteiger partial charge in [-0.2, -0.15) is 0 Å². The molecule has 0 amide bonds. The van der Waals surface area contributed by atoms with Gasteiger partial charge < -0.3 is 4.74 Å². The molecule has 78 valence electrons. The van der Waals surface area contributed by atoms with Crippen molar-refractivity contribution in [3.63, 3.8) is 0 Å². The Balaban J connectivity index is 2.32. The SMILES string of the molecule is COC(=O)/C=C/CC1CCCCC1=O. The zero-order valence-corrected chi connectivity index (χ0v) is 8.49. The lowest BCUT2D eigenvalue weighted by Gasteiger charge is -2.18. The Morgan fingerprint density at radius 1 is 1.57 bits per heavy atom. The van der Waals surface area contributed by atoms with Gasteiger partial charge in [0.25, 0.3) is 0 Å². The van der Waals surface area contributed by atoms with Crippen LogP contribution in [-0.2, 0) is 14.3 Å². The summed E-state index contributed by atoms with van der Waals surface area (Å²) in [5, 5.41) is 0. The normalized spacial score (nSPS) is 22.6. The number of hydrogen-bond acceptors (Lipinski definition) is 3. The van der Waals surface area contributed by atoms with Crippen LogP contribution in [0, 0.1) is 5.92 Å². The number of ketones is 1. The fourth-order valence-corrected chi connectivity index (χ4v) is 1.70. The number of allylic oxidation sites excluding steroid dienone is 1. The van der Waals surface area contributed by atoms with Crippen molar-refractivity contribution in [3.05, 3.63) is 12.2 Å². The predicted octanol–water partition coefficient (Wildman–Crippen LogP) is 1.86. The highest BCUT2D eigenvalue weighted by Crippen LogP contribution is 2.23. The van der Waals surface area contributed by atoms with Gasteiger partial charge in [0.1, 0.15) is 5.78 Å². The van der Waals surface area contributed by atoms with E-state index in [0.29, 0.717) is 18.6 Å². The van der Waals surface area contributed by atoms with Crippen LogP contribution in [0.1, 0.15) is 32.1 Å². The highest BCUT2D eigenvalue weighted by molar-refractivity contribution is 5.83. The molecule has 14 heavy (non-hydrogen) atoms. The Morgan fingerprint density at radius 3 is 3.00 bits per heavy atom. The van der Waals surface area contributed by atoms with Crippen molar-refractivity contribution in [2.24, 2.45) is 5.92 Å². The van der Waals surface area contributed by atoms with E-state index < -0.39 is 0 Å². The van der Waals surface area contributed by atoms with Gasteiger partial charge in [-0.3, -0.25) is 4.79 Å². The quantitative estimate of drug-likeness (QED) is 0.511. The molecule has 0 bridgehead atoms. The first-order valence-corrected chi connectivity index (χ1v) is 5.01. The summed E-state index contributed by atoms with van der Waals surface area (Å²) in [6.07, 6.45) is 7.62. The molecule has 0 heterocycles. The van der Waals surface area contributed by atoms with Crippen molar-refractivity contribution in [2.75, 3.05) is 7.11 Å². The van der Waals surface area contributed by atoms with Crippen LogP contribution in [-0.4, -0.2) is 18.9 Å². The van der Waals surface area contributed by atoms with Crippen molar-refractivity contribution in [1.82, 2.24) is 0 Å². The van der Waals surface area contributed by atoms with Gasteiger partial charge in [0, 0.05) is 18.4 Å². The summed E-state index contributed by atoms with van der Waals surface area (Å²) in [7, 11) is 1.35. The minimum Gasteiger partial charge on any atom is -0.466 e. The molecule has 0 saturated heterocycles. The largest absolute Gasteiger partial charge is 0.466 e. The summed E-state index contributed by atoms with van der Waals surface area (Å²) in [4.78, 5) is 22.1. The smallest absolute Gasteiger partial charge is 0.330 e. The van der Waals surface area contributed by atoms with E-state index in [4.69, 9.17) is 0 Å². The number of carbonyl (C=O) groups excluding carboxylic acids is 2. The molecule has 0 N–H and O–H groups in total. The summed E-state index contributed by atoms with van der Waals surface area (Å²) in [6, 6.07) is 0. The van der Waals surface area contributed by atoms with Crippen LogP contribution in [0.15, 0.2) is 12.2 Å². The van der Waals surface area contributed by atoms with Gasteiger partial charge in [-0.1, -0.05) is 12.5 Å². The van der Waals surface area contributed by atoms with Crippen LogP contribution in [0.2, 0.25) is 0 Å². The standard InChI is InChI=1S/C11H16O3/c1-14-11(13)8-4-6-9-5-2-3-7-10(9)12/h4,8-9H,2-3,5-7H2,1H3/b8-4+. The zero-order chi connectivity index (χ0) is 10.4. The average Bonchev–Trinajstić information content (AvgIpc) is 2.20. The minimum absolute atomic E-state index is 0.129. The van der Waals surface area contributed by atoms with Crippen molar-refractivity contribution in [3.8, 4) is 0 Å². The second-order valence-electron chi connectivity index (χ2n) is 3.57. The van der Waals surface area contributed by atoms with E-state index in [2.05, 4.69) is 4.74 Å². The molecule has 0 aliphatic heterocycles. The molecule has 0 aromatic carbocycles. The Hall–Kier alpha value is -1.12. The number of ether oxygens (including phenoxy) is 1.